The molecule has 0 aliphatic carbocycles. The van der Waals surface area contributed by atoms with Crippen molar-refractivity contribution in [3.05, 3.63) is 29.8 Å². The highest BCUT2D eigenvalue weighted by Gasteiger charge is 2.34. The Morgan fingerprint density at radius 2 is 1.92 bits per heavy atom. The van der Waals surface area contributed by atoms with Gasteiger partial charge in [0.15, 0.2) is 16.4 Å². The summed E-state index contributed by atoms with van der Waals surface area (Å²) in [5, 5.41) is 0. The first-order chi connectivity index (χ1) is 11.7. The fourth-order valence-corrected chi connectivity index (χ4v) is 4.99. The topological polar surface area (TPSA) is 97.8 Å². The Morgan fingerprint density at radius 1 is 1.28 bits per heavy atom. The van der Waals surface area contributed by atoms with Crippen molar-refractivity contribution in [3.8, 4) is 0 Å². The van der Waals surface area contributed by atoms with E-state index in [4.69, 9.17) is 4.74 Å². The van der Waals surface area contributed by atoms with E-state index in [-0.39, 0.29) is 23.1 Å². The highest BCUT2D eigenvalue weighted by atomic mass is 32.2. The van der Waals surface area contributed by atoms with Gasteiger partial charge in [-0.1, -0.05) is 0 Å². The van der Waals surface area contributed by atoms with Crippen LogP contribution in [-0.4, -0.2) is 66.4 Å². The number of carbonyl (C=O) groups excluding carboxylic acids is 2. The van der Waals surface area contributed by atoms with Gasteiger partial charge in [-0.3, -0.25) is 9.00 Å². The molecular weight excluding hydrogens is 366 g/mol. The highest BCUT2D eigenvalue weighted by Crippen LogP contribution is 2.18. The number of benzene rings is 1. The molecule has 2 atom stereocenters. The number of nitrogens with zero attached hydrogens (tertiary/aromatic N) is 1. The van der Waals surface area contributed by atoms with Gasteiger partial charge in [0.1, 0.15) is 0 Å². The van der Waals surface area contributed by atoms with Crippen molar-refractivity contribution in [1.82, 2.24) is 4.90 Å². The molecule has 25 heavy (non-hydrogen) atoms. The molecule has 1 amide bonds. The zero-order chi connectivity index (χ0) is 18.6. The Hall–Kier alpha value is -1.74. The fraction of sp³-hybridized carbons (Fsp3) is 0.500. The van der Waals surface area contributed by atoms with Gasteiger partial charge in [-0.25, -0.2) is 13.2 Å². The van der Waals surface area contributed by atoms with Gasteiger partial charge in [-0.2, -0.15) is 0 Å². The zero-order valence-electron chi connectivity index (χ0n) is 14.1. The quantitative estimate of drug-likeness (QED) is 0.664. The van der Waals surface area contributed by atoms with Crippen LogP contribution in [0.25, 0.3) is 0 Å². The Morgan fingerprint density at radius 3 is 2.40 bits per heavy atom. The Labute approximate surface area is 149 Å². The molecular formula is C16H21NO6S2. The lowest BCUT2D eigenvalue weighted by Gasteiger charge is -2.26. The minimum atomic E-state index is -3.10. The molecule has 9 heteroatoms. The molecule has 0 aromatic heterocycles. The maximum absolute atomic E-state index is 12.3. The van der Waals surface area contributed by atoms with E-state index in [1.165, 1.54) is 23.3 Å². The number of amides is 1. The average Bonchev–Trinajstić information content (AvgIpc) is 2.93. The van der Waals surface area contributed by atoms with Crippen LogP contribution in [0.15, 0.2) is 29.2 Å². The largest absolute Gasteiger partial charge is 0.452 e. The number of hydrogen-bond donors (Lipinski definition) is 0. The van der Waals surface area contributed by atoms with Crippen molar-refractivity contribution in [2.24, 2.45) is 0 Å². The summed E-state index contributed by atoms with van der Waals surface area (Å²) in [7, 11) is -4.24. The van der Waals surface area contributed by atoms with Crippen molar-refractivity contribution in [1.29, 1.82) is 0 Å². The predicted molar refractivity (Wildman–Crippen MR) is 93.5 cm³/mol. The third-order valence-corrected chi connectivity index (χ3v) is 6.75. The van der Waals surface area contributed by atoms with Crippen LogP contribution < -0.4 is 0 Å². The summed E-state index contributed by atoms with van der Waals surface area (Å²) >= 11 is 0. The van der Waals surface area contributed by atoms with E-state index in [1.807, 2.05) is 0 Å². The molecule has 1 fully saturated rings. The number of hydrogen-bond acceptors (Lipinski definition) is 6. The summed E-state index contributed by atoms with van der Waals surface area (Å²) in [5.41, 5.74) is 0.258. The molecule has 1 saturated heterocycles. The molecule has 2 unspecified atom stereocenters. The number of carbonyl (C=O) groups is 2. The summed E-state index contributed by atoms with van der Waals surface area (Å²) in [6.07, 6.45) is 1.94. The molecule has 0 spiro atoms. The van der Waals surface area contributed by atoms with Gasteiger partial charge in [-0.05, 0) is 37.6 Å². The highest BCUT2D eigenvalue weighted by molar-refractivity contribution is 7.91. The van der Waals surface area contributed by atoms with Gasteiger partial charge in [0.2, 0.25) is 0 Å². The number of likely N-dealkylation sites (N-methyl/N-ethyl adjacent to an activating group) is 1. The molecule has 2 rings (SSSR count). The second-order valence-electron chi connectivity index (χ2n) is 5.79. The summed E-state index contributed by atoms with van der Waals surface area (Å²) in [6, 6.07) is 5.75. The third kappa shape index (κ3) is 5.12. The van der Waals surface area contributed by atoms with Crippen LogP contribution in [0.5, 0.6) is 0 Å². The van der Waals surface area contributed by atoms with Crippen LogP contribution in [-0.2, 0) is 30.2 Å². The standard InChI is InChI=1S/C16H21NO6S2/c1-3-17(13-8-9-25(21,22)11-13)15(18)10-23-16(19)12-4-6-14(7-5-12)24(2)20/h4-7,13H,3,8-11H2,1-2H3. The molecule has 7 nitrogen and oxygen atoms in total. The van der Waals surface area contributed by atoms with Crippen molar-refractivity contribution < 1.29 is 27.0 Å². The first kappa shape index (κ1) is 19.6. The molecule has 0 bridgehead atoms. The van der Waals surface area contributed by atoms with Gasteiger partial charge >= 0.3 is 5.97 Å². The molecule has 1 aromatic rings. The van der Waals surface area contributed by atoms with E-state index in [2.05, 4.69) is 0 Å². The van der Waals surface area contributed by atoms with Crippen LogP contribution >= 0.6 is 0 Å². The van der Waals surface area contributed by atoms with E-state index < -0.39 is 39.1 Å². The minimum absolute atomic E-state index is 0.0455. The number of rotatable bonds is 6. The van der Waals surface area contributed by atoms with Crippen molar-refractivity contribution >= 4 is 32.5 Å². The molecule has 1 aromatic carbocycles. The van der Waals surface area contributed by atoms with Crippen LogP contribution in [0, 0.1) is 0 Å². The van der Waals surface area contributed by atoms with E-state index in [0.29, 0.717) is 17.9 Å². The van der Waals surface area contributed by atoms with Crippen molar-refractivity contribution in [3.63, 3.8) is 0 Å². The summed E-state index contributed by atoms with van der Waals surface area (Å²) in [4.78, 5) is 26.3. The normalized spacial score (nSPS) is 20.0. The lowest BCUT2D eigenvalue weighted by molar-refractivity contribution is -0.136. The molecule has 0 radical (unpaired) electrons. The fourth-order valence-electron chi connectivity index (χ4n) is 2.74. The van der Waals surface area contributed by atoms with Crippen molar-refractivity contribution in [2.75, 3.05) is 30.9 Å². The van der Waals surface area contributed by atoms with Gasteiger partial charge in [0, 0.05) is 34.5 Å². The average molecular weight is 387 g/mol. The first-order valence-electron chi connectivity index (χ1n) is 7.84. The molecule has 0 N–H and O–H groups in total. The maximum atomic E-state index is 12.3. The molecule has 138 valence electrons. The van der Waals surface area contributed by atoms with E-state index in [0.717, 1.165) is 0 Å². The Bertz CT molecular complexity index is 772. The predicted octanol–water partition coefficient (Wildman–Crippen LogP) is 0.616. The second kappa shape index (κ2) is 8.09. The van der Waals surface area contributed by atoms with Gasteiger partial charge in [-0.15, -0.1) is 0 Å². The van der Waals surface area contributed by atoms with Gasteiger partial charge in [0.05, 0.1) is 17.1 Å². The third-order valence-electron chi connectivity index (χ3n) is 4.06. The summed E-state index contributed by atoms with van der Waals surface area (Å²) in [5.74, 6) is -1.04. The van der Waals surface area contributed by atoms with E-state index in [1.54, 1.807) is 19.1 Å². The monoisotopic (exact) mass is 387 g/mol. The van der Waals surface area contributed by atoms with Gasteiger partial charge < -0.3 is 9.64 Å². The first-order valence-corrected chi connectivity index (χ1v) is 11.2. The molecule has 0 saturated carbocycles. The Kier molecular flexibility index (Phi) is 6.34. The SMILES string of the molecule is CCN(C(=O)COC(=O)c1ccc(S(C)=O)cc1)C1CCS(=O)(=O)C1. The lowest BCUT2D eigenvalue weighted by Crippen LogP contribution is -2.43. The minimum Gasteiger partial charge on any atom is -0.452 e. The van der Waals surface area contributed by atoms with E-state index >= 15 is 0 Å². The van der Waals surface area contributed by atoms with E-state index in [9.17, 15) is 22.2 Å². The number of ether oxygens (including phenoxy) is 1. The molecule has 1 heterocycles. The van der Waals surface area contributed by atoms with Crippen LogP contribution in [0.2, 0.25) is 0 Å². The number of esters is 1. The summed E-state index contributed by atoms with van der Waals surface area (Å²) < 4.78 is 39.5. The summed E-state index contributed by atoms with van der Waals surface area (Å²) in [6.45, 7) is 1.67. The zero-order valence-corrected chi connectivity index (χ0v) is 15.8. The molecule has 1 aliphatic rings. The second-order valence-corrected chi connectivity index (χ2v) is 9.40. The van der Waals surface area contributed by atoms with Gasteiger partial charge in [0.25, 0.3) is 5.91 Å². The van der Waals surface area contributed by atoms with Crippen LogP contribution in [0.3, 0.4) is 0 Å². The maximum Gasteiger partial charge on any atom is 0.338 e. The van der Waals surface area contributed by atoms with Crippen LogP contribution in [0.4, 0.5) is 0 Å². The lowest BCUT2D eigenvalue weighted by atomic mass is 10.2. The molecule has 1 aliphatic heterocycles. The smallest absolute Gasteiger partial charge is 0.338 e. The number of sulfone groups is 1. The van der Waals surface area contributed by atoms with Crippen LogP contribution in [0.1, 0.15) is 23.7 Å². The van der Waals surface area contributed by atoms with Crippen molar-refractivity contribution in [2.45, 2.75) is 24.3 Å². The Balaban J connectivity index is 1.93.